The number of hydrogen-bond donors (Lipinski definition) is 4. The topological polar surface area (TPSA) is 111 Å². The molecule has 0 aliphatic carbocycles. The first kappa shape index (κ1) is 16.8. The fraction of sp³-hybridized carbons (Fsp3) is 0.118. The summed E-state index contributed by atoms with van der Waals surface area (Å²) in [7, 11) is 0. The van der Waals surface area contributed by atoms with E-state index < -0.39 is 5.25 Å². The Morgan fingerprint density at radius 1 is 1.32 bits per heavy atom. The van der Waals surface area contributed by atoms with Gasteiger partial charge in [0.2, 0.25) is 0 Å². The molecule has 1 heterocycles. The molecule has 3 rings (SSSR count). The van der Waals surface area contributed by atoms with Gasteiger partial charge in [-0.3, -0.25) is 4.79 Å². The highest BCUT2D eigenvalue weighted by Gasteiger charge is 2.16. The van der Waals surface area contributed by atoms with Gasteiger partial charge in [-0.1, -0.05) is 23.9 Å². The molecule has 4 N–H and O–H groups in total. The van der Waals surface area contributed by atoms with Gasteiger partial charge in [0.1, 0.15) is 11.5 Å². The molecule has 2 aromatic carbocycles. The second-order valence-electron chi connectivity index (χ2n) is 5.30. The van der Waals surface area contributed by atoms with Crippen molar-refractivity contribution in [2.45, 2.75) is 17.3 Å². The van der Waals surface area contributed by atoms with Crippen LogP contribution < -0.4 is 5.43 Å². The van der Waals surface area contributed by atoms with E-state index in [0.29, 0.717) is 10.7 Å². The zero-order valence-electron chi connectivity index (χ0n) is 13.3. The lowest BCUT2D eigenvalue weighted by atomic mass is 10.2. The van der Waals surface area contributed by atoms with E-state index in [-0.39, 0.29) is 17.4 Å². The van der Waals surface area contributed by atoms with Crippen LogP contribution in [0.2, 0.25) is 0 Å². The number of fused-ring (bicyclic) bond motifs is 1. The van der Waals surface area contributed by atoms with Gasteiger partial charge >= 0.3 is 0 Å². The van der Waals surface area contributed by atoms with Crippen LogP contribution in [0.4, 0.5) is 0 Å². The number of nitrogens with zero attached hydrogens (tertiary/aromatic N) is 2. The average molecular weight is 356 g/mol. The predicted octanol–water partition coefficient (Wildman–Crippen LogP) is 2.60. The van der Waals surface area contributed by atoms with Gasteiger partial charge in [0.05, 0.1) is 22.5 Å². The Balaban J connectivity index is 1.59. The molecular weight excluding hydrogens is 340 g/mol. The number of carbonyl (C=O) groups excluding carboxylic acids is 1. The summed E-state index contributed by atoms with van der Waals surface area (Å²) in [6, 6.07) is 11.7. The molecule has 0 bridgehead atoms. The normalized spacial score (nSPS) is 12.5. The van der Waals surface area contributed by atoms with Crippen molar-refractivity contribution in [1.82, 2.24) is 15.4 Å². The molecule has 1 amide bonds. The van der Waals surface area contributed by atoms with Gasteiger partial charge in [-0.15, -0.1) is 0 Å². The van der Waals surface area contributed by atoms with E-state index in [1.54, 1.807) is 6.92 Å². The van der Waals surface area contributed by atoms with Crippen molar-refractivity contribution in [2.75, 3.05) is 0 Å². The SMILES string of the molecule is CC(Sc1nc2ccccc2[nH]1)C(=O)NN=Cc1ccc(O)cc1O. The van der Waals surface area contributed by atoms with E-state index in [4.69, 9.17) is 0 Å². The predicted molar refractivity (Wildman–Crippen MR) is 96.9 cm³/mol. The van der Waals surface area contributed by atoms with Crippen LogP contribution >= 0.6 is 11.8 Å². The van der Waals surface area contributed by atoms with E-state index in [1.807, 2.05) is 24.3 Å². The number of hydrazone groups is 1. The lowest BCUT2D eigenvalue weighted by Crippen LogP contribution is -2.26. The third kappa shape index (κ3) is 4.10. The molecule has 8 heteroatoms. The Morgan fingerprint density at radius 2 is 2.12 bits per heavy atom. The summed E-state index contributed by atoms with van der Waals surface area (Å²) in [5, 5.41) is 23.0. The number of phenolic OH excluding ortho intramolecular Hbond substituents is 2. The lowest BCUT2D eigenvalue weighted by molar-refractivity contribution is -0.120. The number of imidazole rings is 1. The molecule has 1 atom stereocenters. The highest BCUT2D eigenvalue weighted by Crippen LogP contribution is 2.23. The zero-order chi connectivity index (χ0) is 17.8. The number of para-hydroxylation sites is 2. The summed E-state index contributed by atoms with van der Waals surface area (Å²) in [5.41, 5.74) is 4.57. The molecule has 0 saturated carbocycles. The second kappa shape index (κ2) is 7.27. The number of rotatable bonds is 5. The molecule has 0 radical (unpaired) electrons. The molecule has 3 aromatic rings. The Kier molecular flexibility index (Phi) is 4.90. The molecule has 25 heavy (non-hydrogen) atoms. The summed E-state index contributed by atoms with van der Waals surface area (Å²) in [4.78, 5) is 19.7. The maximum Gasteiger partial charge on any atom is 0.253 e. The Bertz CT molecular complexity index is 906. The largest absolute Gasteiger partial charge is 0.508 e. The number of H-pyrrole nitrogens is 1. The number of amides is 1. The fourth-order valence-corrected chi connectivity index (χ4v) is 2.92. The quantitative estimate of drug-likeness (QED) is 0.319. The molecule has 128 valence electrons. The molecule has 1 aromatic heterocycles. The smallest absolute Gasteiger partial charge is 0.253 e. The van der Waals surface area contributed by atoms with Crippen LogP contribution in [0.25, 0.3) is 11.0 Å². The van der Waals surface area contributed by atoms with Gasteiger partial charge in [0.15, 0.2) is 5.16 Å². The third-order valence-electron chi connectivity index (χ3n) is 3.42. The summed E-state index contributed by atoms with van der Waals surface area (Å²) < 4.78 is 0. The van der Waals surface area contributed by atoms with Crippen molar-refractivity contribution in [1.29, 1.82) is 0 Å². The van der Waals surface area contributed by atoms with Crippen molar-refractivity contribution < 1.29 is 15.0 Å². The highest BCUT2D eigenvalue weighted by atomic mass is 32.2. The first-order valence-electron chi connectivity index (χ1n) is 7.49. The first-order valence-corrected chi connectivity index (χ1v) is 8.37. The lowest BCUT2D eigenvalue weighted by Gasteiger charge is -2.07. The van der Waals surface area contributed by atoms with Gasteiger partial charge in [-0.2, -0.15) is 5.10 Å². The minimum absolute atomic E-state index is 0.0467. The van der Waals surface area contributed by atoms with E-state index in [1.165, 1.54) is 36.2 Å². The number of hydrogen-bond acceptors (Lipinski definition) is 6. The molecule has 0 fully saturated rings. The number of aromatic nitrogens is 2. The fourth-order valence-electron chi connectivity index (χ4n) is 2.10. The molecule has 1 unspecified atom stereocenters. The average Bonchev–Trinajstić information content (AvgIpc) is 2.98. The van der Waals surface area contributed by atoms with Crippen molar-refractivity contribution >= 4 is 34.9 Å². The molecular formula is C17H16N4O3S. The Labute approximate surface area is 147 Å². The van der Waals surface area contributed by atoms with Gasteiger partial charge in [0, 0.05) is 11.6 Å². The Morgan fingerprint density at radius 3 is 2.88 bits per heavy atom. The van der Waals surface area contributed by atoms with Gasteiger partial charge in [0.25, 0.3) is 5.91 Å². The summed E-state index contributed by atoms with van der Waals surface area (Å²) >= 11 is 1.29. The van der Waals surface area contributed by atoms with Crippen LogP contribution in [0.15, 0.2) is 52.7 Å². The maximum absolute atomic E-state index is 12.1. The maximum atomic E-state index is 12.1. The van der Waals surface area contributed by atoms with E-state index in [0.717, 1.165) is 11.0 Å². The van der Waals surface area contributed by atoms with Crippen LogP contribution in [0.3, 0.4) is 0 Å². The molecule has 7 nitrogen and oxygen atoms in total. The van der Waals surface area contributed by atoms with Gasteiger partial charge < -0.3 is 15.2 Å². The van der Waals surface area contributed by atoms with Crippen LogP contribution in [0, 0.1) is 0 Å². The van der Waals surface area contributed by atoms with E-state index in [2.05, 4.69) is 20.5 Å². The summed E-state index contributed by atoms with van der Waals surface area (Å²) in [6.45, 7) is 1.75. The zero-order valence-corrected chi connectivity index (χ0v) is 14.1. The minimum Gasteiger partial charge on any atom is -0.508 e. The van der Waals surface area contributed by atoms with Gasteiger partial charge in [-0.05, 0) is 31.2 Å². The van der Waals surface area contributed by atoms with E-state index in [9.17, 15) is 15.0 Å². The number of benzene rings is 2. The number of aromatic amines is 1. The molecule has 0 aliphatic rings. The first-order chi connectivity index (χ1) is 12.0. The molecule has 0 aliphatic heterocycles. The number of carbonyl (C=O) groups is 1. The van der Waals surface area contributed by atoms with Crippen molar-refractivity contribution in [3.8, 4) is 11.5 Å². The molecule has 0 spiro atoms. The van der Waals surface area contributed by atoms with Crippen LogP contribution in [0.1, 0.15) is 12.5 Å². The number of nitrogens with one attached hydrogen (secondary N) is 2. The summed E-state index contributed by atoms with van der Waals surface area (Å²) in [6.07, 6.45) is 1.31. The van der Waals surface area contributed by atoms with Crippen LogP contribution in [-0.4, -0.2) is 37.6 Å². The number of aromatic hydroxyl groups is 2. The van der Waals surface area contributed by atoms with Crippen molar-refractivity contribution in [3.63, 3.8) is 0 Å². The van der Waals surface area contributed by atoms with Crippen LogP contribution in [0.5, 0.6) is 11.5 Å². The van der Waals surface area contributed by atoms with Gasteiger partial charge in [-0.25, -0.2) is 10.4 Å². The Hall–Kier alpha value is -3.00. The second-order valence-corrected chi connectivity index (χ2v) is 6.63. The van der Waals surface area contributed by atoms with Crippen molar-refractivity contribution in [3.05, 3.63) is 48.0 Å². The van der Waals surface area contributed by atoms with Crippen molar-refractivity contribution in [2.24, 2.45) is 5.10 Å². The van der Waals surface area contributed by atoms with E-state index >= 15 is 0 Å². The molecule has 0 saturated heterocycles. The summed E-state index contributed by atoms with van der Waals surface area (Å²) in [5.74, 6) is -0.461. The third-order valence-corrected chi connectivity index (χ3v) is 4.40. The number of thioether (sulfide) groups is 1. The number of phenols is 2. The monoisotopic (exact) mass is 356 g/mol. The highest BCUT2D eigenvalue weighted by molar-refractivity contribution is 8.00. The minimum atomic E-state index is -0.411. The standard InChI is InChI=1S/C17H16N4O3S/c1-10(25-17-19-13-4-2-3-5-14(13)20-17)16(24)21-18-9-11-6-7-12(22)8-15(11)23/h2-10,22-23H,1H3,(H,19,20)(H,21,24). The van der Waals surface area contributed by atoms with Crippen LogP contribution in [-0.2, 0) is 4.79 Å².